The summed E-state index contributed by atoms with van der Waals surface area (Å²) in [6.45, 7) is 13.8. The van der Waals surface area contributed by atoms with E-state index in [4.69, 9.17) is 11.6 Å². The summed E-state index contributed by atoms with van der Waals surface area (Å²) in [6, 6.07) is 27.3. The summed E-state index contributed by atoms with van der Waals surface area (Å²) < 4.78 is 1.13. The van der Waals surface area contributed by atoms with Gasteiger partial charge in [0.25, 0.3) is 0 Å². The molecule has 0 N–H and O–H groups in total. The summed E-state index contributed by atoms with van der Waals surface area (Å²) in [5, 5.41) is 0.779. The lowest BCUT2D eigenvalue weighted by Crippen LogP contribution is -2.27. The first-order chi connectivity index (χ1) is 16.4. The maximum absolute atomic E-state index is 6.72. The Bertz CT molecular complexity index is 1460. The molecule has 176 valence electrons. The largest absolute Gasteiger partial charge is 0.0843 e. The topological polar surface area (TPSA) is 0 Å². The summed E-state index contributed by atoms with van der Waals surface area (Å²) in [5.41, 5.74) is 13.0. The van der Waals surface area contributed by atoms with Gasteiger partial charge in [0, 0.05) is 15.1 Å². The second kappa shape index (κ2) is 7.34. The highest BCUT2D eigenvalue weighted by molar-refractivity contribution is 9.10. The predicted molar refractivity (Wildman–Crippen MR) is 153 cm³/mol. The fourth-order valence-corrected chi connectivity index (χ4v) is 6.89. The zero-order valence-corrected chi connectivity index (χ0v) is 23.5. The molecular formula is C33H30BrCl. The van der Waals surface area contributed by atoms with Gasteiger partial charge in [0.1, 0.15) is 0 Å². The van der Waals surface area contributed by atoms with Gasteiger partial charge >= 0.3 is 0 Å². The molecule has 1 spiro atoms. The Morgan fingerprint density at radius 2 is 1.11 bits per heavy atom. The van der Waals surface area contributed by atoms with Gasteiger partial charge in [-0.05, 0) is 79.1 Å². The van der Waals surface area contributed by atoms with E-state index in [1.165, 1.54) is 55.6 Å². The van der Waals surface area contributed by atoms with E-state index in [1.807, 2.05) is 6.07 Å². The first kappa shape index (κ1) is 23.1. The number of hydrogen-bond donors (Lipinski definition) is 0. The van der Waals surface area contributed by atoms with Gasteiger partial charge in [-0.3, -0.25) is 0 Å². The second-order valence-electron chi connectivity index (χ2n) is 12.1. The molecule has 4 aromatic carbocycles. The van der Waals surface area contributed by atoms with Crippen molar-refractivity contribution in [1.82, 2.24) is 0 Å². The van der Waals surface area contributed by atoms with Crippen molar-refractivity contribution in [2.45, 2.75) is 57.8 Å². The molecular weight excluding hydrogens is 512 g/mol. The molecule has 0 amide bonds. The third-order valence-corrected chi connectivity index (χ3v) is 8.84. The molecule has 0 bridgehead atoms. The summed E-state index contributed by atoms with van der Waals surface area (Å²) >= 11 is 10.6. The summed E-state index contributed by atoms with van der Waals surface area (Å²) in [5.74, 6) is 0. The first-order valence-electron chi connectivity index (χ1n) is 12.3. The van der Waals surface area contributed by atoms with Crippen LogP contribution in [0.5, 0.6) is 0 Å². The Balaban J connectivity index is 1.83. The minimum atomic E-state index is -0.396. The molecule has 0 radical (unpaired) electrons. The Morgan fingerprint density at radius 3 is 1.66 bits per heavy atom. The molecule has 2 aliphatic carbocycles. The molecule has 0 heterocycles. The summed E-state index contributed by atoms with van der Waals surface area (Å²) in [6.07, 6.45) is 0. The van der Waals surface area contributed by atoms with E-state index >= 15 is 0 Å². The third-order valence-electron chi connectivity index (χ3n) is 7.94. The van der Waals surface area contributed by atoms with Crippen molar-refractivity contribution in [3.05, 3.63) is 116 Å². The number of fused-ring (bicyclic) bond motifs is 10. The van der Waals surface area contributed by atoms with Gasteiger partial charge in [-0.15, -0.1) is 0 Å². The lowest BCUT2D eigenvalue weighted by atomic mass is 9.69. The van der Waals surface area contributed by atoms with E-state index < -0.39 is 5.41 Å². The molecule has 6 rings (SSSR count). The van der Waals surface area contributed by atoms with Crippen molar-refractivity contribution in [2.24, 2.45) is 0 Å². The van der Waals surface area contributed by atoms with Crippen LogP contribution in [-0.2, 0) is 16.2 Å². The first-order valence-corrected chi connectivity index (χ1v) is 13.5. The molecule has 0 nitrogen and oxygen atoms in total. The maximum atomic E-state index is 6.72. The van der Waals surface area contributed by atoms with Crippen LogP contribution >= 0.6 is 27.5 Å². The van der Waals surface area contributed by atoms with Gasteiger partial charge in [-0.2, -0.15) is 0 Å². The lowest BCUT2D eigenvalue weighted by molar-refractivity contribution is 0.586. The molecule has 0 fully saturated rings. The molecule has 35 heavy (non-hydrogen) atoms. The molecule has 0 saturated heterocycles. The highest BCUT2D eigenvalue weighted by Crippen LogP contribution is 2.64. The van der Waals surface area contributed by atoms with E-state index in [1.54, 1.807) is 0 Å². The molecule has 2 aliphatic rings. The van der Waals surface area contributed by atoms with Crippen molar-refractivity contribution < 1.29 is 0 Å². The predicted octanol–water partition coefficient (Wildman–Crippen LogP) is 10.0. The van der Waals surface area contributed by atoms with Crippen LogP contribution < -0.4 is 0 Å². The average Bonchev–Trinajstić information content (AvgIpc) is 3.24. The SMILES string of the molecule is CC(C)(C)c1ccc2c(c1)C1(c3cc(C(C)(C)C)ccc3-2)c2cc(Cl)ccc2-c2c(Br)cccc21. The Labute approximate surface area is 222 Å². The molecule has 2 heteroatoms. The van der Waals surface area contributed by atoms with Crippen molar-refractivity contribution in [1.29, 1.82) is 0 Å². The van der Waals surface area contributed by atoms with Crippen molar-refractivity contribution >= 4 is 27.5 Å². The Kier molecular flexibility index (Phi) is 4.84. The minimum Gasteiger partial charge on any atom is -0.0843 e. The van der Waals surface area contributed by atoms with Crippen LogP contribution in [0.4, 0.5) is 0 Å². The van der Waals surface area contributed by atoms with Crippen LogP contribution in [0.25, 0.3) is 22.3 Å². The summed E-state index contributed by atoms with van der Waals surface area (Å²) in [4.78, 5) is 0. The van der Waals surface area contributed by atoms with E-state index in [2.05, 4.69) is 124 Å². The number of benzene rings is 4. The number of rotatable bonds is 0. The zero-order valence-electron chi connectivity index (χ0n) is 21.2. The fourth-order valence-electron chi connectivity index (χ4n) is 6.14. The van der Waals surface area contributed by atoms with Gasteiger partial charge in [0.05, 0.1) is 5.41 Å². The van der Waals surface area contributed by atoms with Crippen LogP contribution in [0.1, 0.15) is 74.9 Å². The Hall–Kier alpha value is -2.35. The quantitative estimate of drug-likeness (QED) is 0.179. The smallest absolute Gasteiger partial charge is 0.0726 e. The van der Waals surface area contributed by atoms with Gasteiger partial charge in [0.15, 0.2) is 0 Å². The molecule has 4 aromatic rings. The molecule has 0 aliphatic heterocycles. The number of halogens is 2. The van der Waals surface area contributed by atoms with E-state index in [-0.39, 0.29) is 10.8 Å². The molecule has 0 unspecified atom stereocenters. The molecule has 0 aromatic heterocycles. The van der Waals surface area contributed by atoms with Gasteiger partial charge in [-0.25, -0.2) is 0 Å². The highest BCUT2D eigenvalue weighted by atomic mass is 79.9. The van der Waals surface area contributed by atoms with Crippen LogP contribution in [0.15, 0.2) is 77.3 Å². The van der Waals surface area contributed by atoms with E-state index in [0.29, 0.717) is 0 Å². The minimum absolute atomic E-state index is 0.0530. The van der Waals surface area contributed by atoms with Crippen LogP contribution in [0, 0.1) is 0 Å². The fraction of sp³-hybridized carbons (Fsp3) is 0.273. The van der Waals surface area contributed by atoms with E-state index in [0.717, 1.165) is 9.50 Å². The average molecular weight is 542 g/mol. The second-order valence-corrected chi connectivity index (χ2v) is 13.4. The lowest BCUT2D eigenvalue weighted by Gasteiger charge is -2.33. The van der Waals surface area contributed by atoms with E-state index in [9.17, 15) is 0 Å². The van der Waals surface area contributed by atoms with Gasteiger partial charge in [-0.1, -0.05) is 124 Å². The van der Waals surface area contributed by atoms with Crippen molar-refractivity contribution in [3.63, 3.8) is 0 Å². The maximum Gasteiger partial charge on any atom is 0.0726 e. The zero-order chi connectivity index (χ0) is 24.9. The highest BCUT2D eigenvalue weighted by Gasteiger charge is 2.52. The molecule has 0 saturated carbocycles. The van der Waals surface area contributed by atoms with Gasteiger partial charge < -0.3 is 0 Å². The van der Waals surface area contributed by atoms with Gasteiger partial charge in [0.2, 0.25) is 0 Å². The third kappa shape index (κ3) is 3.11. The van der Waals surface area contributed by atoms with Crippen LogP contribution in [0.3, 0.4) is 0 Å². The normalized spacial score (nSPS) is 15.1. The monoisotopic (exact) mass is 540 g/mol. The summed E-state index contributed by atoms with van der Waals surface area (Å²) in [7, 11) is 0. The van der Waals surface area contributed by atoms with Crippen LogP contribution in [-0.4, -0.2) is 0 Å². The molecule has 0 atom stereocenters. The Morgan fingerprint density at radius 1 is 0.600 bits per heavy atom. The van der Waals surface area contributed by atoms with Crippen molar-refractivity contribution in [2.75, 3.05) is 0 Å². The standard InChI is InChI=1S/C33H30BrCl/c1-31(2,3)19-10-13-22-23-14-11-20(32(4,5)6)17-27(23)33(26(22)16-19)25-8-7-9-29(34)30(25)24-15-12-21(35)18-28(24)33/h7-18H,1-6H3. The van der Waals surface area contributed by atoms with Crippen LogP contribution in [0.2, 0.25) is 5.02 Å². The van der Waals surface area contributed by atoms with Crippen molar-refractivity contribution in [3.8, 4) is 22.3 Å². The number of hydrogen-bond acceptors (Lipinski definition) is 0.